The van der Waals surface area contributed by atoms with Gasteiger partial charge in [-0.15, -0.1) is 11.8 Å². The maximum absolute atomic E-state index is 12.4. The summed E-state index contributed by atoms with van der Waals surface area (Å²) in [5, 5.41) is 4.70. The Morgan fingerprint density at radius 1 is 1.25 bits per heavy atom. The highest BCUT2D eigenvalue weighted by atomic mass is 32.2. The third-order valence-electron chi connectivity index (χ3n) is 3.63. The number of anilines is 1. The van der Waals surface area contributed by atoms with Crippen LogP contribution in [0.3, 0.4) is 0 Å². The third-order valence-corrected chi connectivity index (χ3v) is 4.44. The minimum atomic E-state index is -0.265. The lowest BCUT2D eigenvalue weighted by atomic mass is 10.1. The van der Waals surface area contributed by atoms with Crippen LogP contribution in [0.5, 0.6) is 0 Å². The van der Waals surface area contributed by atoms with E-state index < -0.39 is 0 Å². The summed E-state index contributed by atoms with van der Waals surface area (Å²) in [6.45, 7) is 1.84. The Labute approximate surface area is 144 Å². The van der Waals surface area contributed by atoms with Crippen LogP contribution in [0.4, 0.5) is 5.82 Å². The number of carbonyl (C=O) groups excluding carboxylic acids is 2. The monoisotopic (exact) mass is 339 g/mol. The van der Waals surface area contributed by atoms with Crippen molar-refractivity contribution >= 4 is 35.1 Å². The van der Waals surface area contributed by atoms with Crippen LogP contribution < -0.4 is 5.32 Å². The number of hydrogen-bond donors (Lipinski definition) is 1. The van der Waals surface area contributed by atoms with E-state index in [0.717, 1.165) is 16.8 Å². The maximum atomic E-state index is 12.4. The summed E-state index contributed by atoms with van der Waals surface area (Å²) < 4.78 is 0. The van der Waals surface area contributed by atoms with E-state index in [4.69, 9.17) is 0 Å². The SMILES string of the molecule is Cc1cccnc1NC(=O)CN1C(=O)CSC=C1c1ccccc1. The van der Waals surface area contributed by atoms with Gasteiger partial charge >= 0.3 is 0 Å². The second-order valence-electron chi connectivity index (χ2n) is 5.38. The van der Waals surface area contributed by atoms with Crippen molar-refractivity contribution in [1.82, 2.24) is 9.88 Å². The van der Waals surface area contributed by atoms with Crippen LogP contribution in [0, 0.1) is 6.92 Å². The van der Waals surface area contributed by atoms with Crippen molar-refractivity contribution in [3.05, 3.63) is 65.2 Å². The highest BCUT2D eigenvalue weighted by Gasteiger charge is 2.25. The predicted molar refractivity (Wildman–Crippen MR) is 96.2 cm³/mol. The van der Waals surface area contributed by atoms with Crippen molar-refractivity contribution in [2.24, 2.45) is 0 Å². The number of aryl methyl sites for hydroxylation is 1. The van der Waals surface area contributed by atoms with Crippen LogP contribution in [0.25, 0.3) is 5.70 Å². The van der Waals surface area contributed by atoms with Crippen molar-refractivity contribution in [3.63, 3.8) is 0 Å². The zero-order chi connectivity index (χ0) is 16.9. The Bertz CT molecular complexity index is 790. The van der Waals surface area contributed by atoms with Crippen LogP contribution in [-0.2, 0) is 9.59 Å². The van der Waals surface area contributed by atoms with E-state index in [1.807, 2.05) is 54.8 Å². The van der Waals surface area contributed by atoms with Gasteiger partial charge in [-0.25, -0.2) is 4.98 Å². The highest BCUT2D eigenvalue weighted by Crippen LogP contribution is 2.28. The van der Waals surface area contributed by atoms with Gasteiger partial charge < -0.3 is 10.2 Å². The zero-order valence-corrected chi connectivity index (χ0v) is 14.0. The lowest BCUT2D eigenvalue weighted by molar-refractivity contribution is -0.129. The minimum Gasteiger partial charge on any atom is -0.309 e. The summed E-state index contributed by atoms with van der Waals surface area (Å²) in [4.78, 5) is 30.4. The van der Waals surface area contributed by atoms with E-state index in [1.54, 1.807) is 6.20 Å². The molecular weight excluding hydrogens is 322 g/mol. The molecule has 1 aliphatic heterocycles. The smallest absolute Gasteiger partial charge is 0.245 e. The van der Waals surface area contributed by atoms with E-state index in [0.29, 0.717) is 11.6 Å². The van der Waals surface area contributed by atoms with Gasteiger partial charge in [0.15, 0.2) is 0 Å². The topological polar surface area (TPSA) is 62.3 Å². The molecule has 2 amide bonds. The molecule has 0 saturated heterocycles. The Kier molecular flexibility index (Phi) is 4.96. The summed E-state index contributed by atoms with van der Waals surface area (Å²) in [5.41, 5.74) is 2.55. The summed E-state index contributed by atoms with van der Waals surface area (Å²) in [6.07, 6.45) is 1.63. The largest absolute Gasteiger partial charge is 0.309 e. The van der Waals surface area contributed by atoms with E-state index >= 15 is 0 Å². The molecule has 1 N–H and O–H groups in total. The first-order valence-electron chi connectivity index (χ1n) is 7.54. The number of nitrogens with zero attached hydrogens (tertiary/aromatic N) is 2. The molecule has 0 spiro atoms. The van der Waals surface area contributed by atoms with Gasteiger partial charge in [0.25, 0.3) is 0 Å². The van der Waals surface area contributed by atoms with Gasteiger partial charge in [0.05, 0.1) is 11.4 Å². The van der Waals surface area contributed by atoms with Crippen molar-refractivity contribution in [2.45, 2.75) is 6.92 Å². The molecule has 1 aliphatic rings. The summed E-state index contributed by atoms with van der Waals surface area (Å²) >= 11 is 1.45. The molecule has 0 radical (unpaired) electrons. The number of rotatable bonds is 4. The molecule has 0 aliphatic carbocycles. The van der Waals surface area contributed by atoms with Gasteiger partial charge in [0, 0.05) is 6.20 Å². The third kappa shape index (κ3) is 3.65. The number of amides is 2. The van der Waals surface area contributed by atoms with Gasteiger partial charge in [0.1, 0.15) is 12.4 Å². The lowest BCUT2D eigenvalue weighted by Gasteiger charge is -2.28. The number of nitrogens with one attached hydrogen (secondary N) is 1. The predicted octanol–water partition coefficient (Wildman–Crippen LogP) is 2.90. The molecule has 24 heavy (non-hydrogen) atoms. The molecule has 1 aromatic heterocycles. The van der Waals surface area contributed by atoms with Gasteiger partial charge in [-0.3, -0.25) is 9.59 Å². The fourth-order valence-corrected chi connectivity index (χ4v) is 3.21. The molecule has 0 atom stereocenters. The molecule has 1 aromatic carbocycles. The fraction of sp³-hybridized carbons (Fsp3) is 0.167. The molecule has 0 unspecified atom stereocenters. The van der Waals surface area contributed by atoms with Crippen molar-refractivity contribution < 1.29 is 9.59 Å². The van der Waals surface area contributed by atoms with Crippen molar-refractivity contribution in [3.8, 4) is 0 Å². The molecule has 122 valence electrons. The average molecular weight is 339 g/mol. The number of aromatic nitrogens is 1. The van der Waals surface area contributed by atoms with Crippen LogP contribution in [0.2, 0.25) is 0 Å². The van der Waals surface area contributed by atoms with E-state index in [2.05, 4.69) is 10.3 Å². The fourth-order valence-electron chi connectivity index (χ4n) is 2.41. The van der Waals surface area contributed by atoms with E-state index in [9.17, 15) is 9.59 Å². The molecule has 2 aromatic rings. The second kappa shape index (κ2) is 7.31. The second-order valence-corrected chi connectivity index (χ2v) is 6.23. The molecule has 5 nitrogen and oxygen atoms in total. The van der Waals surface area contributed by atoms with Crippen LogP contribution in [0.1, 0.15) is 11.1 Å². The summed E-state index contributed by atoms with van der Waals surface area (Å²) in [5.74, 6) is 0.520. The van der Waals surface area contributed by atoms with Crippen LogP contribution in [0.15, 0.2) is 54.1 Å². The molecule has 0 fully saturated rings. The molecule has 2 heterocycles. The number of pyridine rings is 1. The Morgan fingerprint density at radius 2 is 2.04 bits per heavy atom. The molecular formula is C18H17N3O2S. The Balaban J connectivity index is 1.77. The maximum Gasteiger partial charge on any atom is 0.245 e. The molecule has 3 rings (SSSR count). The first kappa shape index (κ1) is 16.3. The van der Waals surface area contributed by atoms with E-state index in [-0.39, 0.29) is 18.4 Å². The number of carbonyl (C=O) groups is 2. The van der Waals surface area contributed by atoms with Gasteiger partial charge in [-0.2, -0.15) is 0 Å². The summed E-state index contributed by atoms with van der Waals surface area (Å²) in [7, 11) is 0. The van der Waals surface area contributed by atoms with E-state index in [1.165, 1.54) is 16.7 Å². The molecule has 6 heteroatoms. The molecule has 0 bridgehead atoms. The quantitative estimate of drug-likeness (QED) is 0.930. The molecule has 0 saturated carbocycles. The first-order chi connectivity index (χ1) is 11.6. The number of thioether (sulfide) groups is 1. The summed E-state index contributed by atoms with van der Waals surface area (Å²) in [6, 6.07) is 13.3. The van der Waals surface area contributed by atoms with Gasteiger partial charge in [-0.1, -0.05) is 36.4 Å². The number of hydrogen-bond acceptors (Lipinski definition) is 4. The standard InChI is InChI=1S/C18H17N3O2S/c1-13-6-5-9-19-18(13)20-16(22)10-21-15(11-24-12-17(21)23)14-7-3-2-4-8-14/h2-9,11H,10,12H2,1H3,(H,19,20,22). The van der Waals surface area contributed by atoms with Crippen LogP contribution >= 0.6 is 11.8 Å². The normalized spacial score (nSPS) is 14.3. The minimum absolute atomic E-state index is 0.0316. The van der Waals surface area contributed by atoms with Crippen molar-refractivity contribution in [1.29, 1.82) is 0 Å². The van der Waals surface area contributed by atoms with Crippen molar-refractivity contribution in [2.75, 3.05) is 17.6 Å². The lowest BCUT2D eigenvalue weighted by Crippen LogP contribution is -2.39. The van der Waals surface area contributed by atoms with Gasteiger partial charge in [0.2, 0.25) is 11.8 Å². The Hall–Kier alpha value is -2.60. The van der Waals surface area contributed by atoms with Gasteiger partial charge in [-0.05, 0) is 29.5 Å². The Morgan fingerprint density at radius 3 is 2.79 bits per heavy atom. The number of benzene rings is 1. The van der Waals surface area contributed by atoms with Crippen LogP contribution in [-0.4, -0.2) is 34.0 Å². The average Bonchev–Trinajstić information content (AvgIpc) is 2.59. The first-order valence-corrected chi connectivity index (χ1v) is 8.59. The highest BCUT2D eigenvalue weighted by molar-refractivity contribution is 8.03. The zero-order valence-electron chi connectivity index (χ0n) is 13.2.